The third-order valence-corrected chi connectivity index (χ3v) is 5.48. The van der Waals surface area contributed by atoms with E-state index >= 15 is 0 Å². The number of carbonyl (C=O) groups is 2. The maximum atomic E-state index is 12.3. The molecular formula is C22H32N2O5. The molecule has 0 radical (unpaired) electrons. The molecule has 0 spiro atoms. The summed E-state index contributed by atoms with van der Waals surface area (Å²) >= 11 is 0. The van der Waals surface area contributed by atoms with E-state index in [0.717, 1.165) is 44.3 Å². The van der Waals surface area contributed by atoms with Gasteiger partial charge in [0.2, 0.25) is 0 Å². The van der Waals surface area contributed by atoms with Gasteiger partial charge < -0.3 is 19.1 Å². The molecule has 160 valence electrons. The fourth-order valence-corrected chi connectivity index (χ4v) is 3.85. The molecule has 1 aromatic carbocycles. The highest BCUT2D eigenvalue weighted by Gasteiger charge is 2.28. The van der Waals surface area contributed by atoms with Gasteiger partial charge in [-0.15, -0.1) is 0 Å². The average Bonchev–Trinajstić information content (AvgIpc) is 2.75. The first kappa shape index (κ1) is 21.6. The number of benzene rings is 1. The van der Waals surface area contributed by atoms with Crippen LogP contribution in [-0.2, 0) is 25.6 Å². The van der Waals surface area contributed by atoms with Gasteiger partial charge in [0, 0.05) is 26.2 Å². The number of rotatable bonds is 7. The van der Waals surface area contributed by atoms with E-state index in [1.165, 1.54) is 0 Å². The molecule has 7 heteroatoms. The van der Waals surface area contributed by atoms with Crippen molar-refractivity contribution in [2.24, 2.45) is 0 Å². The lowest BCUT2D eigenvalue weighted by Crippen LogP contribution is -2.44. The van der Waals surface area contributed by atoms with Crippen LogP contribution in [-0.4, -0.2) is 73.4 Å². The molecule has 2 aliphatic heterocycles. The van der Waals surface area contributed by atoms with Crippen molar-refractivity contribution in [1.82, 2.24) is 9.80 Å². The molecule has 0 atom stereocenters. The second kappa shape index (κ2) is 11.2. The van der Waals surface area contributed by atoms with Crippen LogP contribution in [0.1, 0.15) is 38.2 Å². The third-order valence-electron chi connectivity index (χ3n) is 5.48. The summed E-state index contributed by atoms with van der Waals surface area (Å²) in [4.78, 5) is 27.7. The zero-order chi connectivity index (χ0) is 20.5. The van der Waals surface area contributed by atoms with E-state index in [1.54, 1.807) is 4.90 Å². The Balaban J connectivity index is 1.31. The van der Waals surface area contributed by atoms with Crippen LogP contribution in [0.4, 0.5) is 4.79 Å². The molecule has 0 saturated carbocycles. The Morgan fingerprint density at radius 2 is 1.55 bits per heavy atom. The number of ether oxygens (including phenoxy) is 3. The van der Waals surface area contributed by atoms with Crippen molar-refractivity contribution in [2.45, 2.75) is 51.4 Å². The first-order valence-corrected chi connectivity index (χ1v) is 10.6. The molecule has 2 aliphatic rings. The summed E-state index contributed by atoms with van der Waals surface area (Å²) in [6.45, 7) is 5.97. The van der Waals surface area contributed by atoms with Gasteiger partial charge in [0.25, 0.3) is 0 Å². The Bertz CT molecular complexity index is 638. The molecule has 29 heavy (non-hydrogen) atoms. The van der Waals surface area contributed by atoms with E-state index in [0.29, 0.717) is 32.8 Å². The molecule has 0 N–H and O–H groups in total. The first-order valence-electron chi connectivity index (χ1n) is 10.6. The fourth-order valence-electron chi connectivity index (χ4n) is 3.85. The topological polar surface area (TPSA) is 68.3 Å². The Hall–Kier alpha value is -2.12. The summed E-state index contributed by atoms with van der Waals surface area (Å²) in [5.41, 5.74) is 0.994. The van der Waals surface area contributed by atoms with Crippen molar-refractivity contribution in [3.8, 4) is 0 Å². The largest absolute Gasteiger partial charge is 0.465 e. The standard InChI is InChI=1S/C22H32N2O5/c1-2-27-21(25)16-23-12-8-19(9-13-23)29-20-10-14-24(15-11-20)22(26)28-17-18-6-4-3-5-7-18/h3-7,19-20H,2,8-17H2,1H3. The number of likely N-dealkylation sites (tertiary alicyclic amines) is 2. The van der Waals surface area contributed by atoms with Crippen LogP contribution < -0.4 is 0 Å². The number of amides is 1. The minimum atomic E-state index is -0.250. The van der Waals surface area contributed by atoms with E-state index in [4.69, 9.17) is 14.2 Å². The summed E-state index contributed by atoms with van der Waals surface area (Å²) in [5, 5.41) is 0. The summed E-state index contributed by atoms with van der Waals surface area (Å²) < 4.78 is 16.7. The van der Waals surface area contributed by atoms with E-state index in [9.17, 15) is 9.59 Å². The van der Waals surface area contributed by atoms with Gasteiger partial charge in [-0.1, -0.05) is 30.3 Å². The second-order valence-corrected chi connectivity index (χ2v) is 7.64. The number of hydrogen-bond donors (Lipinski definition) is 0. The number of carbonyl (C=O) groups excluding carboxylic acids is 2. The SMILES string of the molecule is CCOC(=O)CN1CCC(OC2CCN(C(=O)OCc3ccccc3)CC2)CC1. The Morgan fingerprint density at radius 3 is 2.17 bits per heavy atom. The highest BCUT2D eigenvalue weighted by molar-refractivity contribution is 5.71. The maximum Gasteiger partial charge on any atom is 0.410 e. The number of nitrogens with zero attached hydrogens (tertiary/aromatic N) is 2. The highest BCUT2D eigenvalue weighted by Crippen LogP contribution is 2.21. The molecule has 0 unspecified atom stereocenters. The lowest BCUT2D eigenvalue weighted by atomic mass is 10.0. The molecule has 2 saturated heterocycles. The molecule has 1 aromatic rings. The van der Waals surface area contributed by atoms with Gasteiger partial charge >= 0.3 is 12.1 Å². The van der Waals surface area contributed by atoms with Crippen LogP contribution in [0, 0.1) is 0 Å². The van der Waals surface area contributed by atoms with Gasteiger partial charge in [0.15, 0.2) is 0 Å². The minimum Gasteiger partial charge on any atom is -0.465 e. The predicted molar refractivity (Wildman–Crippen MR) is 108 cm³/mol. The Kier molecular flexibility index (Phi) is 8.31. The van der Waals surface area contributed by atoms with Gasteiger partial charge in [-0.2, -0.15) is 0 Å². The summed E-state index contributed by atoms with van der Waals surface area (Å²) in [7, 11) is 0. The Labute approximate surface area is 172 Å². The van der Waals surface area contributed by atoms with Gasteiger partial charge in [-0.3, -0.25) is 9.69 Å². The number of hydrogen-bond acceptors (Lipinski definition) is 6. The second-order valence-electron chi connectivity index (χ2n) is 7.64. The number of esters is 1. The summed E-state index contributed by atoms with van der Waals surface area (Å²) in [6, 6.07) is 9.72. The quantitative estimate of drug-likeness (QED) is 0.651. The predicted octanol–water partition coefficient (Wildman–Crippen LogP) is 2.83. The molecule has 2 heterocycles. The van der Waals surface area contributed by atoms with Crippen LogP contribution in [0.25, 0.3) is 0 Å². The molecule has 1 amide bonds. The third kappa shape index (κ3) is 7.01. The van der Waals surface area contributed by atoms with E-state index in [2.05, 4.69) is 4.90 Å². The lowest BCUT2D eigenvalue weighted by Gasteiger charge is -2.36. The van der Waals surface area contributed by atoms with Crippen LogP contribution in [0.2, 0.25) is 0 Å². The van der Waals surface area contributed by atoms with Gasteiger partial charge in [0.05, 0.1) is 25.4 Å². The molecule has 7 nitrogen and oxygen atoms in total. The fraction of sp³-hybridized carbons (Fsp3) is 0.636. The van der Waals surface area contributed by atoms with Gasteiger partial charge in [-0.25, -0.2) is 4.79 Å². The van der Waals surface area contributed by atoms with Crippen molar-refractivity contribution in [3.63, 3.8) is 0 Å². The summed E-state index contributed by atoms with van der Waals surface area (Å²) in [5.74, 6) is -0.154. The molecule has 3 rings (SSSR count). The van der Waals surface area contributed by atoms with Crippen molar-refractivity contribution in [2.75, 3.05) is 39.3 Å². The zero-order valence-corrected chi connectivity index (χ0v) is 17.3. The molecular weight excluding hydrogens is 372 g/mol. The molecule has 0 aliphatic carbocycles. The lowest BCUT2D eigenvalue weighted by molar-refractivity contribution is -0.145. The van der Waals surface area contributed by atoms with Crippen LogP contribution in [0.5, 0.6) is 0 Å². The number of piperidine rings is 2. The Morgan fingerprint density at radius 1 is 0.931 bits per heavy atom. The van der Waals surface area contributed by atoms with Gasteiger partial charge in [0.1, 0.15) is 6.61 Å². The molecule has 2 fully saturated rings. The van der Waals surface area contributed by atoms with E-state index < -0.39 is 0 Å². The van der Waals surface area contributed by atoms with E-state index in [-0.39, 0.29) is 24.3 Å². The molecule has 0 aromatic heterocycles. The minimum absolute atomic E-state index is 0.154. The first-order chi connectivity index (χ1) is 14.1. The van der Waals surface area contributed by atoms with Gasteiger partial charge in [-0.05, 0) is 38.2 Å². The van der Waals surface area contributed by atoms with Crippen molar-refractivity contribution >= 4 is 12.1 Å². The van der Waals surface area contributed by atoms with Crippen LogP contribution in [0.15, 0.2) is 30.3 Å². The molecule has 0 bridgehead atoms. The van der Waals surface area contributed by atoms with Crippen LogP contribution >= 0.6 is 0 Å². The maximum absolute atomic E-state index is 12.3. The summed E-state index contributed by atoms with van der Waals surface area (Å²) in [6.07, 6.45) is 3.70. The smallest absolute Gasteiger partial charge is 0.410 e. The monoisotopic (exact) mass is 404 g/mol. The highest BCUT2D eigenvalue weighted by atomic mass is 16.6. The normalized spacial score (nSPS) is 19.1. The van der Waals surface area contributed by atoms with Crippen molar-refractivity contribution in [1.29, 1.82) is 0 Å². The van der Waals surface area contributed by atoms with Crippen molar-refractivity contribution < 1.29 is 23.8 Å². The van der Waals surface area contributed by atoms with Crippen molar-refractivity contribution in [3.05, 3.63) is 35.9 Å². The zero-order valence-electron chi connectivity index (χ0n) is 17.3. The average molecular weight is 405 g/mol. The van der Waals surface area contributed by atoms with Crippen LogP contribution in [0.3, 0.4) is 0 Å². The van der Waals surface area contributed by atoms with E-state index in [1.807, 2.05) is 37.3 Å².